The van der Waals surface area contributed by atoms with E-state index in [0.29, 0.717) is 12.0 Å². The molecule has 2 unspecified atom stereocenters. The van der Waals surface area contributed by atoms with Gasteiger partial charge in [-0.3, -0.25) is 0 Å². The summed E-state index contributed by atoms with van der Waals surface area (Å²) in [6, 6.07) is 10.5. The Kier molecular flexibility index (Phi) is 4.39. The molecule has 3 rings (SSSR count). The minimum atomic E-state index is 0.305. The summed E-state index contributed by atoms with van der Waals surface area (Å²) in [5.74, 6) is 1.42. The molecule has 1 aliphatic carbocycles. The fraction of sp³-hybridized carbons (Fsp3) is 0.500. The molecule has 1 saturated carbocycles. The van der Waals surface area contributed by atoms with Gasteiger partial charge in [0.2, 0.25) is 5.88 Å². The van der Waals surface area contributed by atoms with Crippen molar-refractivity contribution in [1.29, 1.82) is 0 Å². The lowest BCUT2D eigenvalue weighted by Crippen LogP contribution is -2.28. The van der Waals surface area contributed by atoms with Crippen LogP contribution in [0.3, 0.4) is 0 Å². The predicted molar refractivity (Wildman–Crippen MR) is 86.6 cm³/mol. The Bertz CT molecular complexity index is 611. The summed E-state index contributed by atoms with van der Waals surface area (Å²) in [5.41, 5.74) is 1.04. The molecule has 1 N–H and O–H groups in total. The standard InChI is InChI=1S/C18H24N2O/c1-13-7-3-6-10-17(13)21-18-16-9-5-4-8-14(16)11-15(20-18)12-19-2/h4-5,8-9,11,13,17,19H,3,6-7,10,12H2,1-2H3. The molecule has 0 saturated heterocycles. The molecule has 2 aromatic rings. The summed E-state index contributed by atoms with van der Waals surface area (Å²) in [6.07, 6.45) is 5.31. The van der Waals surface area contributed by atoms with Gasteiger partial charge in [0.15, 0.2) is 0 Å². The first-order chi connectivity index (χ1) is 10.3. The smallest absolute Gasteiger partial charge is 0.221 e. The van der Waals surface area contributed by atoms with Gasteiger partial charge in [0.25, 0.3) is 0 Å². The number of hydrogen-bond donors (Lipinski definition) is 1. The molecule has 0 radical (unpaired) electrons. The van der Waals surface area contributed by atoms with Gasteiger partial charge >= 0.3 is 0 Å². The van der Waals surface area contributed by atoms with Crippen LogP contribution in [0.15, 0.2) is 30.3 Å². The number of benzene rings is 1. The van der Waals surface area contributed by atoms with E-state index in [-0.39, 0.29) is 0 Å². The first-order valence-electron chi connectivity index (χ1n) is 7.98. The largest absolute Gasteiger partial charge is 0.474 e. The molecule has 0 amide bonds. The number of rotatable bonds is 4. The zero-order valence-electron chi connectivity index (χ0n) is 12.9. The van der Waals surface area contributed by atoms with E-state index >= 15 is 0 Å². The average Bonchev–Trinajstić information content (AvgIpc) is 2.50. The Hall–Kier alpha value is -1.61. The van der Waals surface area contributed by atoms with Crippen molar-refractivity contribution in [3.63, 3.8) is 0 Å². The lowest BCUT2D eigenvalue weighted by molar-refractivity contribution is 0.0991. The van der Waals surface area contributed by atoms with Gasteiger partial charge in [-0.25, -0.2) is 4.98 Å². The molecule has 1 fully saturated rings. The van der Waals surface area contributed by atoms with Gasteiger partial charge < -0.3 is 10.1 Å². The van der Waals surface area contributed by atoms with Crippen LogP contribution in [0.5, 0.6) is 5.88 Å². The maximum Gasteiger partial charge on any atom is 0.221 e. The second kappa shape index (κ2) is 6.44. The van der Waals surface area contributed by atoms with E-state index in [1.54, 1.807) is 0 Å². The Balaban J connectivity index is 1.95. The predicted octanol–water partition coefficient (Wildman–Crippen LogP) is 3.91. The molecule has 0 aliphatic heterocycles. The van der Waals surface area contributed by atoms with Crippen LogP contribution in [0, 0.1) is 5.92 Å². The van der Waals surface area contributed by atoms with E-state index in [1.165, 1.54) is 24.6 Å². The van der Waals surface area contributed by atoms with E-state index in [9.17, 15) is 0 Å². The van der Waals surface area contributed by atoms with Crippen molar-refractivity contribution in [2.45, 2.75) is 45.3 Å². The van der Waals surface area contributed by atoms with Crippen molar-refractivity contribution < 1.29 is 4.74 Å². The molecule has 0 spiro atoms. The quantitative estimate of drug-likeness (QED) is 0.924. The number of fused-ring (bicyclic) bond motifs is 1. The minimum absolute atomic E-state index is 0.305. The van der Waals surface area contributed by atoms with Gasteiger partial charge in [0.05, 0.1) is 5.69 Å². The first-order valence-corrected chi connectivity index (χ1v) is 7.98. The topological polar surface area (TPSA) is 34.1 Å². The van der Waals surface area contributed by atoms with Crippen molar-refractivity contribution in [1.82, 2.24) is 10.3 Å². The van der Waals surface area contributed by atoms with Crippen LogP contribution in [-0.4, -0.2) is 18.1 Å². The Morgan fingerprint density at radius 3 is 2.86 bits per heavy atom. The Morgan fingerprint density at radius 1 is 1.24 bits per heavy atom. The average molecular weight is 284 g/mol. The molecule has 3 nitrogen and oxygen atoms in total. The van der Waals surface area contributed by atoms with Crippen LogP contribution in [0.1, 0.15) is 38.3 Å². The Labute approximate surface area is 126 Å². The summed E-state index contributed by atoms with van der Waals surface area (Å²) >= 11 is 0. The van der Waals surface area contributed by atoms with Crippen molar-refractivity contribution >= 4 is 10.8 Å². The summed E-state index contributed by atoms with van der Waals surface area (Å²) in [6.45, 7) is 3.06. The van der Waals surface area contributed by atoms with E-state index in [2.05, 4.69) is 42.6 Å². The van der Waals surface area contributed by atoms with E-state index in [0.717, 1.165) is 29.9 Å². The zero-order valence-corrected chi connectivity index (χ0v) is 12.9. The van der Waals surface area contributed by atoms with Gasteiger partial charge in [-0.2, -0.15) is 0 Å². The number of aromatic nitrogens is 1. The molecule has 1 aromatic heterocycles. The number of nitrogens with one attached hydrogen (secondary N) is 1. The SMILES string of the molecule is CNCc1cc2ccccc2c(OC2CCCCC2C)n1. The highest BCUT2D eigenvalue weighted by molar-refractivity contribution is 5.87. The maximum atomic E-state index is 6.33. The highest BCUT2D eigenvalue weighted by atomic mass is 16.5. The number of nitrogens with zero attached hydrogens (tertiary/aromatic N) is 1. The maximum absolute atomic E-state index is 6.33. The van der Waals surface area contributed by atoms with E-state index in [4.69, 9.17) is 9.72 Å². The summed E-state index contributed by atoms with van der Waals surface area (Å²) in [5, 5.41) is 5.50. The van der Waals surface area contributed by atoms with E-state index < -0.39 is 0 Å². The summed E-state index contributed by atoms with van der Waals surface area (Å²) < 4.78 is 6.33. The number of pyridine rings is 1. The monoisotopic (exact) mass is 284 g/mol. The van der Waals surface area contributed by atoms with Crippen LogP contribution in [0.25, 0.3) is 10.8 Å². The molecule has 21 heavy (non-hydrogen) atoms. The zero-order chi connectivity index (χ0) is 14.7. The van der Waals surface area contributed by atoms with Crippen molar-refractivity contribution in [2.75, 3.05) is 7.05 Å². The van der Waals surface area contributed by atoms with Gasteiger partial charge in [-0.15, -0.1) is 0 Å². The van der Waals surface area contributed by atoms with E-state index in [1.807, 2.05) is 7.05 Å². The third-order valence-corrected chi connectivity index (χ3v) is 4.41. The summed E-state index contributed by atoms with van der Waals surface area (Å²) in [4.78, 5) is 4.73. The van der Waals surface area contributed by atoms with Gasteiger partial charge in [0, 0.05) is 11.9 Å². The van der Waals surface area contributed by atoms with Gasteiger partial charge in [-0.1, -0.05) is 31.5 Å². The highest BCUT2D eigenvalue weighted by Gasteiger charge is 2.24. The van der Waals surface area contributed by atoms with Crippen LogP contribution < -0.4 is 10.1 Å². The second-order valence-corrected chi connectivity index (χ2v) is 6.09. The molecule has 0 bridgehead atoms. The number of ether oxygens (including phenoxy) is 1. The Morgan fingerprint density at radius 2 is 2.05 bits per heavy atom. The van der Waals surface area contributed by atoms with Gasteiger partial charge in [-0.05, 0) is 49.7 Å². The van der Waals surface area contributed by atoms with Crippen molar-refractivity contribution in [2.24, 2.45) is 5.92 Å². The number of hydrogen-bond acceptors (Lipinski definition) is 3. The molecule has 3 heteroatoms. The molecule has 112 valence electrons. The molecular weight excluding hydrogens is 260 g/mol. The van der Waals surface area contributed by atoms with Crippen molar-refractivity contribution in [3.8, 4) is 5.88 Å². The molecule has 2 atom stereocenters. The molecular formula is C18H24N2O. The second-order valence-electron chi connectivity index (χ2n) is 6.09. The van der Waals surface area contributed by atoms with Crippen LogP contribution in [-0.2, 0) is 6.54 Å². The third-order valence-electron chi connectivity index (χ3n) is 4.41. The fourth-order valence-electron chi connectivity index (χ4n) is 3.18. The van der Waals surface area contributed by atoms with Crippen LogP contribution in [0.2, 0.25) is 0 Å². The lowest BCUT2D eigenvalue weighted by atomic mass is 9.88. The lowest BCUT2D eigenvalue weighted by Gasteiger charge is -2.29. The third kappa shape index (κ3) is 3.18. The van der Waals surface area contributed by atoms with Crippen LogP contribution in [0.4, 0.5) is 0 Å². The molecule has 1 heterocycles. The summed E-state index contributed by atoms with van der Waals surface area (Å²) in [7, 11) is 1.95. The van der Waals surface area contributed by atoms with Gasteiger partial charge in [0.1, 0.15) is 6.10 Å². The first kappa shape index (κ1) is 14.3. The normalized spacial score (nSPS) is 22.4. The van der Waals surface area contributed by atoms with Crippen LogP contribution >= 0.6 is 0 Å². The highest BCUT2D eigenvalue weighted by Crippen LogP contribution is 2.31. The minimum Gasteiger partial charge on any atom is -0.474 e. The fourth-order valence-corrected chi connectivity index (χ4v) is 3.18. The van der Waals surface area contributed by atoms with Crippen molar-refractivity contribution in [3.05, 3.63) is 36.0 Å². The molecule has 1 aliphatic rings. The molecule has 1 aromatic carbocycles.